The largest absolute Gasteiger partial charge is 0.453 e. The molecular weight excluding hydrogens is 733 g/mol. The van der Waals surface area contributed by atoms with Crippen LogP contribution in [0.15, 0.2) is 122 Å². The third-order valence-corrected chi connectivity index (χ3v) is 10.9. The normalized spacial score (nSPS) is 16.8. The molecule has 0 aliphatic carbocycles. The smallest absolute Gasteiger partial charge is 0.407 e. The first-order valence-electron chi connectivity index (χ1n) is 19.5. The molecule has 2 aliphatic heterocycles. The Bertz CT molecular complexity index is 2380. The van der Waals surface area contributed by atoms with E-state index in [1.54, 1.807) is 46.5 Å². The van der Waals surface area contributed by atoms with Crippen molar-refractivity contribution in [1.29, 1.82) is 0 Å². The van der Waals surface area contributed by atoms with Crippen molar-refractivity contribution in [1.82, 2.24) is 40.4 Å². The average molecular weight is 777 g/mol. The molecule has 13 nitrogen and oxygen atoms in total. The number of nitrogens with zero attached hydrogens (tertiary/aromatic N) is 4. The molecule has 58 heavy (non-hydrogen) atoms. The maximum atomic E-state index is 13.9. The Kier molecular flexibility index (Phi) is 11.1. The van der Waals surface area contributed by atoms with Gasteiger partial charge < -0.3 is 35.1 Å². The number of aromatic nitrogens is 4. The van der Waals surface area contributed by atoms with Gasteiger partial charge in [-0.1, -0.05) is 97.1 Å². The zero-order chi connectivity index (χ0) is 40.0. The standard InChI is InChI=1S/C45H44N8O5/c1-58-45(57)51-40(33-10-4-2-5-11-33)44(56)53-25-9-15-38(53)42-47-27-36(50-42)32-22-18-30(19-23-32)29-16-20-31(21-17-29)35-26-46-41(49-35)37-14-8-24-52(37)39(54)28-48-43(55)34-12-6-3-7-13-34/h2-7,10-13,16-23,26-27,37-38,40H,8-9,14-15,24-25,28H2,1H3,(H,46,49)(H,47,50)(H,48,55)(H,51,57)/t37-,38-,40+/m0/s1. The second kappa shape index (κ2) is 17.0. The molecule has 294 valence electrons. The van der Waals surface area contributed by atoms with E-state index in [1.807, 2.05) is 48.5 Å². The summed E-state index contributed by atoms with van der Waals surface area (Å²) in [5.74, 6) is 0.812. The molecule has 0 bridgehead atoms. The highest BCUT2D eigenvalue weighted by Gasteiger charge is 2.37. The number of ether oxygens (including phenoxy) is 1. The van der Waals surface area contributed by atoms with E-state index >= 15 is 0 Å². The number of methoxy groups -OCH3 is 1. The average Bonchev–Trinajstić information content (AvgIpc) is 4.12. The molecule has 3 atom stereocenters. The lowest BCUT2D eigenvalue weighted by atomic mass is 10.0. The maximum Gasteiger partial charge on any atom is 0.407 e. The monoisotopic (exact) mass is 776 g/mol. The van der Waals surface area contributed by atoms with Crippen molar-refractivity contribution in [3.8, 4) is 33.6 Å². The van der Waals surface area contributed by atoms with Gasteiger partial charge in [0.1, 0.15) is 17.7 Å². The fraction of sp³-hybridized carbons (Fsp3) is 0.244. The van der Waals surface area contributed by atoms with Crippen LogP contribution in [0.1, 0.15) is 71.4 Å². The molecule has 2 aliphatic rings. The fourth-order valence-electron chi connectivity index (χ4n) is 7.88. The molecule has 0 unspecified atom stereocenters. The number of H-pyrrole nitrogens is 2. The van der Waals surface area contributed by atoms with Crippen LogP contribution in [0.2, 0.25) is 0 Å². The van der Waals surface area contributed by atoms with Crippen molar-refractivity contribution in [2.24, 2.45) is 0 Å². The third-order valence-electron chi connectivity index (χ3n) is 10.9. The molecule has 8 rings (SSSR count). The number of carbonyl (C=O) groups excluding carboxylic acids is 4. The number of imidazole rings is 2. The number of carbonyl (C=O) groups is 4. The summed E-state index contributed by atoms with van der Waals surface area (Å²) >= 11 is 0. The number of aromatic amines is 2. The van der Waals surface area contributed by atoms with Crippen molar-refractivity contribution in [2.45, 2.75) is 43.8 Å². The van der Waals surface area contributed by atoms with Gasteiger partial charge in [-0.05, 0) is 65.6 Å². The molecule has 4 heterocycles. The topological polar surface area (TPSA) is 165 Å². The van der Waals surface area contributed by atoms with Crippen LogP contribution in [0.4, 0.5) is 4.79 Å². The van der Waals surface area contributed by atoms with Crippen LogP contribution in [0.3, 0.4) is 0 Å². The van der Waals surface area contributed by atoms with Gasteiger partial charge in [0.25, 0.3) is 11.8 Å². The number of hydrogen-bond donors (Lipinski definition) is 4. The van der Waals surface area contributed by atoms with Crippen LogP contribution in [0.5, 0.6) is 0 Å². The maximum absolute atomic E-state index is 13.9. The number of benzene rings is 4. The molecule has 13 heteroatoms. The number of likely N-dealkylation sites (tertiary alicyclic amines) is 2. The van der Waals surface area contributed by atoms with Gasteiger partial charge in [-0.2, -0.15) is 0 Å². The lowest BCUT2D eigenvalue weighted by Gasteiger charge is -2.28. The minimum atomic E-state index is -0.879. The van der Waals surface area contributed by atoms with Gasteiger partial charge in [-0.3, -0.25) is 14.4 Å². The zero-order valence-corrected chi connectivity index (χ0v) is 32.1. The van der Waals surface area contributed by atoms with Gasteiger partial charge in [-0.15, -0.1) is 0 Å². The quantitative estimate of drug-likeness (QED) is 0.110. The Morgan fingerprint density at radius 3 is 1.74 bits per heavy atom. The van der Waals surface area contributed by atoms with Crippen molar-refractivity contribution in [2.75, 3.05) is 26.7 Å². The minimum Gasteiger partial charge on any atom is -0.453 e. The lowest BCUT2D eigenvalue weighted by Crippen LogP contribution is -2.42. The Hall–Kier alpha value is -7.02. The van der Waals surface area contributed by atoms with E-state index in [0.29, 0.717) is 30.0 Å². The van der Waals surface area contributed by atoms with Crippen LogP contribution in [0.25, 0.3) is 33.6 Å². The molecule has 2 aromatic heterocycles. The lowest BCUT2D eigenvalue weighted by molar-refractivity contribution is -0.134. The Labute approximate surface area is 335 Å². The van der Waals surface area contributed by atoms with Crippen LogP contribution >= 0.6 is 0 Å². The minimum absolute atomic E-state index is 0.0700. The summed E-state index contributed by atoms with van der Waals surface area (Å²) in [6.45, 7) is 1.10. The van der Waals surface area contributed by atoms with Crippen molar-refractivity contribution >= 4 is 23.8 Å². The summed E-state index contributed by atoms with van der Waals surface area (Å²) in [6, 6.07) is 33.2. The van der Waals surface area contributed by atoms with Crippen LogP contribution < -0.4 is 10.6 Å². The fourth-order valence-corrected chi connectivity index (χ4v) is 7.88. The van der Waals surface area contributed by atoms with Crippen LogP contribution in [-0.2, 0) is 14.3 Å². The number of nitrogens with one attached hydrogen (secondary N) is 4. The summed E-state index contributed by atoms with van der Waals surface area (Å²) in [4.78, 5) is 71.5. The summed E-state index contributed by atoms with van der Waals surface area (Å²) in [5.41, 5.74) is 6.96. The number of alkyl carbamates (subject to hydrolysis) is 1. The van der Waals surface area contributed by atoms with E-state index < -0.39 is 12.1 Å². The second-order valence-electron chi connectivity index (χ2n) is 14.5. The van der Waals surface area contributed by atoms with Gasteiger partial charge in [0, 0.05) is 18.7 Å². The molecule has 2 fully saturated rings. The highest BCUT2D eigenvalue weighted by molar-refractivity contribution is 5.96. The molecule has 0 spiro atoms. The molecular formula is C45H44N8O5. The Morgan fingerprint density at radius 1 is 0.690 bits per heavy atom. The molecule has 4 N–H and O–H groups in total. The zero-order valence-electron chi connectivity index (χ0n) is 32.1. The Balaban J connectivity index is 0.898. The van der Waals surface area contributed by atoms with E-state index in [2.05, 4.69) is 62.0 Å². The second-order valence-corrected chi connectivity index (χ2v) is 14.5. The summed E-state index contributed by atoms with van der Waals surface area (Å²) < 4.78 is 4.82. The highest BCUT2D eigenvalue weighted by atomic mass is 16.5. The van der Waals surface area contributed by atoms with Gasteiger partial charge in [0.2, 0.25) is 5.91 Å². The summed E-state index contributed by atoms with van der Waals surface area (Å²) in [5, 5.41) is 5.46. The predicted molar refractivity (Wildman–Crippen MR) is 218 cm³/mol. The van der Waals surface area contributed by atoms with Gasteiger partial charge in [-0.25, -0.2) is 14.8 Å². The first-order valence-corrected chi connectivity index (χ1v) is 19.5. The van der Waals surface area contributed by atoms with E-state index in [-0.39, 0.29) is 36.3 Å². The van der Waals surface area contributed by atoms with Gasteiger partial charge >= 0.3 is 6.09 Å². The number of rotatable bonds is 11. The Morgan fingerprint density at radius 2 is 1.19 bits per heavy atom. The highest BCUT2D eigenvalue weighted by Crippen LogP contribution is 2.35. The SMILES string of the molecule is COC(=O)N[C@@H](C(=O)N1CCC[C@H]1c1ncc(-c2ccc(-c3ccc(-c4cnc([C@@H]5CCCN5C(=O)CNC(=O)c5ccccc5)[nH]4)cc3)cc2)[nH]1)c1ccccc1. The van der Waals surface area contributed by atoms with Crippen LogP contribution in [0, 0.1) is 0 Å². The summed E-state index contributed by atoms with van der Waals surface area (Å²) in [6.07, 6.45) is 6.16. The van der Waals surface area contributed by atoms with E-state index in [9.17, 15) is 19.2 Å². The van der Waals surface area contributed by atoms with E-state index in [0.717, 1.165) is 65.1 Å². The first-order chi connectivity index (χ1) is 28.4. The van der Waals surface area contributed by atoms with E-state index in [1.165, 1.54) is 7.11 Å². The van der Waals surface area contributed by atoms with Crippen molar-refractivity contribution < 1.29 is 23.9 Å². The number of amides is 4. The van der Waals surface area contributed by atoms with E-state index in [4.69, 9.17) is 9.72 Å². The summed E-state index contributed by atoms with van der Waals surface area (Å²) in [7, 11) is 1.28. The molecule has 0 radical (unpaired) electrons. The molecule has 0 saturated carbocycles. The predicted octanol–water partition coefficient (Wildman–Crippen LogP) is 6.99. The van der Waals surface area contributed by atoms with Crippen molar-refractivity contribution in [3.05, 3.63) is 144 Å². The van der Waals surface area contributed by atoms with Gasteiger partial charge in [0.05, 0.1) is 49.5 Å². The third kappa shape index (κ3) is 8.10. The van der Waals surface area contributed by atoms with Crippen molar-refractivity contribution in [3.63, 3.8) is 0 Å². The first kappa shape index (κ1) is 37.9. The number of hydrogen-bond acceptors (Lipinski definition) is 7. The molecule has 4 aromatic carbocycles. The van der Waals surface area contributed by atoms with Crippen LogP contribution in [-0.4, -0.2) is 80.3 Å². The molecule has 6 aromatic rings. The van der Waals surface area contributed by atoms with Gasteiger partial charge in [0.15, 0.2) is 0 Å². The molecule has 2 saturated heterocycles. The molecule has 4 amide bonds.